The zero-order chi connectivity index (χ0) is 13.2. The van der Waals surface area contributed by atoms with Crippen molar-refractivity contribution in [3.8, 4) is 11.6 Å². The molecular weight excluding hydrogens is 260 g/mol. The van der Waals surface area contributed by atoms with Crippen molar-refractivity contribution in [2.75, 3.05) is 0 Å². The quantitative estimate of drug-likeness (QED) is 0.773. The third-order valence-corrected chi connectivity index (χ3v) is 3.89. The number of rotatable bonds is 2. The van der Waals surface area contributed by atoms with E-state index in [0.29, 0.717) is 11.0 Å². The number of benzene rings is 1. The average molecular weight is 275 g/mol. The summed E-state index contributed by atoms with van der Waals surface area (Å²) < 4.78 is 5.82. The molecule has 0 aliphatic heterocycles. The molecule has 2 aromatic rings. The lowest BCUT2D eigenvalue weighted by Gasteiger charge is -2.16. The Hall–Kier alpha value is -1.61. The highest BCUT2D eigenvalue weighted by Gasteiger charge is 2.12. The van der Waals surface area contributed by atoms with Gasteiger partial charge in [-0.1, -0.05) is 17.7 Å². The smallest absolute Gasteiger partial charge is 0.226 e. The molecule has 3 rings (SSSR count). The van der Waals surface area contributed by atoms with Gasteiger partial charge in [-0.25, -0.2) is 9.97 Å². The molecule has 0 spiro atoms. The molecule has 0 atom stereocenters. The number of hydrogen-bond donors (Lipinski definition) is 0. The van der Waals surface area contributed by atoms with Crippen molar-refractivity contribution in [2.24, 2.45) is 0 Å². The van der Waals surface area contributed by atoms with Crippen molar-refractivity contribution >= 4 is 11.6 Å². The SMILES string of the molecule is Cc1c(Cl)ncnc1Oc1ccc2c(c1)CCCC2. The molecule has 0 saturated heterocycles. The van der Waals surface area contributed by atoms with E-state index < -0.39 is 0 Å². The van der Waals surface area contributed by atoms with Crippen LogP contribution in [0, 0.1) is 6.92 Å². The van der Waals surface area contributed by atoms with Gasteiger partial charge in [-0.15, -0.1) is 0 Å². The van der Waals surface area contributed by atoms with E-state index in [-0.39, 0.29) is 0 Å². The Labute approximate surface area is 117 Å². The first-order valence-corrected chi connectivity index (χ1v) is 6.88. The van der Waals surface area contributed by atoms with Crippen LogP contribution in [0.15, 0.2) is 24.5 Å². The minimum Gasteiger partial charge on any atom is -0.439 e. The van der Waals surface area contributed by atoms with Gasteiger partial charge in [-0.05, 0) is 55.9 Å². The van der Waals surface area contributed by atoms with Crippen molar-refractivity contribution in [1.29, 1.82) is 0 Å². The van der Waals surface area contributed by atoms with E-state index in [1.807, 2.05) is 13.0 Å². The van der Waals surface area contributed by atoms with Gasteiger partial charge in [0, 0.05) is 5.56 Å². The number of aryl methyl sites for hydroxylation is 2. The number of fused-ring (bicyclic) bond motifs is 1. The van der Waals surface area contributed by atoms with Crippen LogP contribution in [0.2, 0.25) is 5.15 Å². The molecule has 1 aliphatic carbocycles. The van der Waals surface area contributed by atoms with Crippen LogP contribution in [0.4, 0.5) is 0 Å². The largest absolute Gasteiger partial charge is 0.439 e. The second kappa shape index (κ2) is 5.17. The van der Waals surface area contributed by atoms with Crippen LogP contribution in [-0.2, 0) is 12.8 Å². The third kappa shape index (κ3) is 2.56. The Morgan fingerprint density at radius 2 is 1.89 bits per heavy atom. The molecule has 4 heteroatoms. The molecule has 1 aromatic carbocycles. The normalized spacial score (nSPS) is 14.0. The average Bonchev–Trinajstić information content (AvgIpc) is 2.44. The highest BCUT2D eigenvalue weighted by molar-refractivity contribution is 6.30. The molecule has 98 valence electrons. The molecule has 0 unspecified atom stereocenters. The molecule has 3 nitrogen and oxygen atoms in total. The molecule has 19 heavy (non-hydrogen) atoms. The maximum Gasteiger partial charge on any atom is 0.226 e. The number of halogens is 1. The molecular formula is C15H15ClN2O. The Morgan fingerprint density at radius 3 is 2.74 bits per heavy atom. The van der Waals surface area contributed by atoms with Gasteiger partial charge < -0.3 is 4.74 Å². The maximum atomic E-state index is 5.96. The van der Waals surface area contributed by atoms with Crippen molar-refractivity contribution < 1.29 is 4.74 Å². The molecule has 0 saturated carbocycles. The molecule has 0 bridgehead atoms. The first-order valence-electron chi connectivity index (χ1n) is 6.51. The van der Waals surface area contributed by atoms with Crippen molar-refractivity contribution in [2.45, 2.75) is 32.6 Å². The van der Waals surface area contributed by atoms with Crippen molar-refractivity contribution in [3.05, 3.63) is 46.4 Å². The summed E-state index contributed by atoms with van der Waals surface area (Å²) in [5.41, 5.74) is 3.60. The Bertz CT molecular complexity index is 613. The molecule has 0 fully saturated rings. The molecule has 1 heterocycles. The second-order valence-electron chi connectivity index (χ2n) is 4.83. The van der Waals surface area contributed by atoms with Crippen molar-refractivity contribution in [3.63, 3.8) is 0 Å². The first kappa shape index (κ1) is 12.4. The predicted octanol–water partition coefficient (Wildman–Crippen LogP) is 4.11. The lowest BCUT2D eigenvalue weighted by atomic mass is 9.92. The third-order valence-electron chi connectivity index (χ3n) is 3.51. The van der Waals surface area contributed by atoms with E-state index in [4.69, 9.17) is 16.3 Å². The topological polar surface area (TPSA) is 35.0 Å². The van der Waals surface area contributed by atoms with Gasteiger partial charge in [0.15, 0.2) is 0 Å². The zero-order valence-electron chi connectivity index (χ0n) is 10.8. The van der Waals surface area contributed by atoms with Gasteiger partial charge in [0.1, 0.15) is 17.2 Å². The Kier molecular flexibility index (Phi) is 3.38. The summed E-state index contributed by atoms with van der Waals surface area (Å²) in [7, 11) is 0. The van der Waals surface area contributed by atoms with Crippen LogP contribution < -0.4 is 4.74 Å². The summed E-state index contributed by atoms with van der Waals surface area (Å²) >= 11 is 5.96. The Balaban J connectivity index is 1.89. The van der Waals surface area contributed by atoms with E-state index in [1.54, 1.807) is 0 Å². The number of aromatic nitrogens is 2. The molecule has 1 aliphatic rings. The van der Waals surface area contributed by atoms with E-state index in [0.717, 1.165) is 17.7 Å². The number of ether oxygens (including phenoxy) is 1. The van der Waals surface area contributed by atoms with Gasteiger partial charge in [0.2, 0.25) is 5.88 Å². The lowest BCUT2D eigenvalue weighted by Crippen LogP contribution is -2.02. The predicted molar refractivity (Wildman–Crippen MR) is 74.9 cm³/mol. The number of nitrogens with zero attached hydrogens (tertiary/aromatic N) is 2. The fourth-order valence-electron chi connectivity index (χ4n) is 2.40. The fraction of sp³-hybridized carbons (Fsp3) is 0.333. The zero-order valence-corrected chi connectivity index (χ0v) is 11.6. The van der Waals surface area contributed by atoms with Crippen molar-refractivity contribution in [1.82, 2.24) is 9.97 Å². The molecule has 0 N–H and O–H groups in total. The van der Waals surface area contributed by atoms with E-state index >= 15 is 0 Å². The first-order chi connectivity index (χ1) is 9.24. The summed E-state index contributed by atoms with van der Waals surface area (Å²) in [6.45, 7) is 1.86. The summed E-state index contributed by atoms with van der Waals surface area (Å²) in [6.07, 6.45) is 6.27. The lowest BCUT2D eigenvalue weighted by molar-refractivity contribution is 0.456. The van der Waals surface area contributed by atoms with Crippen LogP contribution in [0.5, 0.6) is 11.6 Å². The Morgan fingerprint density at radius 1 is 1.11 bits per heavy atom. The van der Waals surface area contributed by atoms with Gasteiger partial charge in [-0.2, -0.15) is 0 Å². The minimum atomic E-state index is 0.433. The van der Waals surface area contributed by atoms with Crippen LogP contribution in [0.3, 0.4) is 0 Å². The summed E-state index contributed by atoms with van der Waals surface area (Å²) in [4.78, 5) is 8.05. The monoisotopic (exact) mass is 274 g/mol. The second-order valence-corrected chi connectivity index (χ2v) is 5.19. The highest BCUT2D eigenvalue weighted by Crippen LogP contribution is 2.29. The van der Waals surface area contributed by atoms with Gasteiger partial charge in [-0.3, -0.25) is 0 Å². The molecule has 0 amide bonds. The van der Waals surface area contributed by atoms with Crippen LogP contribution in [-0.4, -0.2) is 9.97 Å². The fourth-order valence-corrected chi connectivity index (χ4v) is 2.53. The van der Waals surface area contributed by atoms with Gasteiger partial charge in [0.05, 0.1) is 0 Å². The summed E-state index contributed by atoms with van der Waals surface area (Å²) in [6, 6.07) is 6.27. The highest BCUT2D eigenvalue weighted by atomic mass is 35.5. The number of hydrogen-bond acceptors (Lipinski definition) is 3. The molecule has 0 radical (unpaired) electrons. The standard InChI is InChI=1S/C15H15ClN2O/c1-10-14(16)17-9-18-15(10)19-13-7-6-11-4-2-3-5-12(11)8-13/h6-9H,2-5H2,1H3. The molecule has 1 aromatic heterocycles. The minimum absolute atomic E-state index is 0.433. The summed E-state index contributed by atoms with van der Waals surface area (Å²) in [5, 5.41) is 0.433. The van der Waals surface area contributed by atoms with Crippen LogP contribution >= 0.6 is 11.6 Å². The van der Waals surface area contributed by atoms with E-state index in [9.17, 15) is 0 Å². The van der Waals surface area contributed by atoms with E-state index in [2.05, 4.69) is 22.1 Å². The van der Waals surface area contributed by atoms with Gasteiger partial charge >= 0.3 is 0 Å². The summed E-state index contributed by atoms with van der Waals surface area (Å²) in [5.74, 6) is 1.34. The van der Waals surface area contributed by atoms with E-state index in [1.165, 1.54) is 36.7 Å². The van der Waals surface area contributed by atoms with Gasteiger partial charge in [0.25, 0.3) is 0 Å². The van der Waals surface area contributed by atoms with Crippen LogP contribution in [0.1, 0.15) is 29.5 Å². The van der Waals surface area contributed by atoms with Crippen LogP contribution in [0.25, 0.3) is 0 Å². The maximum absolute atomic E-state index is 5.96.